The Morgan fingerprint density at radius 2 is 2.38 bits per heavy atom. The van der Waals surface area contributed by atoms with Gasteiger partial charge in [0.15, 0.2) is 0 Å². The van der Waals surface area contributed by atoms with Crippen molar-refractivity contribution in [3.63, 3.8) is 0 Å². The summed E-state index contributed by atoms with van der Waals surface area (Å²) in [7, 11) is 0. The molecule has 1 aliphatic rings. The van der Waals surface area contributed by atoms with Crippen LogP contribution in [-0.2, 0) is 4.79 Å². The van der Waals surface area contributed by atoms with Crippen LogP contribution in [0.5, 0.6) is 0 Å². The van der Waals surface area contributed by atoms with Gasteiger partial charge in [0.2, 0.25) is 0 Å². The number of nitrogens with zero attached hydrogens (tertiary/aromatic N) is 2. The molecule has 1 aliphatic heterocycles. The minimum atomic E-state index is -0.832. The Labute approximate surface area is 132 Å². The van der Waals surface area contributed by atoms with Gasteiger partial charge in [0, 0.05) is 24.1 Å². The van der Waals surface area contributed by atoms with Crippen molar-refractivity contribution in [2.45, 2.75) is 12.8 Å². The predicted molar refractivity (Wildman–Crippen MR) is 84.3 cm³/mol. The smallest absolute Gasteiger partial charge is 0.317 e. The summed E-state index contributed by atoms with van der Waals surface area (Å²) in [6.07, 6.45) is 2.13. The number of aliphatic carboxylic acids is 1. The maximum Gasteiger partial charge on any atom is 0.317 e. The van der Waals surface area contributed by atoms with Crippen LogP contribution in [0.25, 0.3) is 0 Å². The Kier molecular flexibility index (Phi) is 5.59. The van der Waals surface area contributed by atoms with Crippen molar-refractivity contribution < 1.29 is 9.90 Å². The molecule has 0 aromatic heterocycles. The lowest BCUT2D eigenvalue weighted by atomic mass is 9.97. The summed E-state index contributed by atoms with van der Waals surface area (Å²) in [5, 5.41) is 20.9. The van der Waals surface area contributed by atoms with Crippen molar-refractivity contribution >= 4 is 27.6 Å². The molecule has 1 aromatic rings. The summed E-state index contributed by atoms with van der Waals surface area (Å²) in [5.74, 6) is -0.426. The average molecular weight is 352 g/mol. The fourth-order valence-electron chi connectivity index (χ4n) is 2.69. The Morgan fingerprint density at radius 1 is 1.57 bits per heavy atom. The van der Waals surface area contributed by atoms with Gasteiger partial charge in [-0.25, -0.2) is 0 Å². The Hall–Kier alpha value is -1.58. The van der Waals surface area contributed by atoms with Crippen LogP contribution >= 0.6 is 15.9 Å². The molecule has 2 N–H and O–H groups in total. The number of carboxylic acid groups (broad SMARTS) is 1. The first kappa shape index (κ1) is 15.8. The quantitative estimate of drug-likeness (QED) is 0.850. The monoisotopic (exact) mass is 351 g/mol. The second-order valence-electron chi connectivity index (χ2n) is 5.25. The van der Waals surface area contributed by atoms with E-state index in [0.717, 1.165) is 36.1 Å². The van der Waals surface area contributed by atoms with Crippen LogP contribution in [0.4, 0.5) is 5.69 Å². The van der Waals surface area contributed by atoms with Gasteiger partial charge in [0.25, 0.3) is 0 Å². The fraction of sp³-hybridized carbons (Fsp3) is 0.467. The molecular formula is C15H18BrN3O2. The summed E-state index contributed by atoms with van der Waals surface area (Å²) < 4.78 is 0.961. The molecular weight excluding hydrogens is 334 g/mol. The molecule has 0 aliphatic carbocycles. The van der Waals surface area contributed by atoms with E-state index in [0.29, 0.717) is 18.0 Å². The van der Waals surface area contributed by atoms with Gasteiger partial charge in [-0.2, -0.15) is 5.26 Å². The van der Waals surface area contributed by atoms with E-state index in [9.17, 15) is 10.1 Å². The zero-order chi connectivity index (χ0) is 15.2. The molecule has 2 rings (SSSR count). The molecule has 1 fully saturated rings. The van der Waals surface area contributed by atoms with E-state index >= 15 is 0 Å². The van der Waals surface area contributed by atoms with Crippen LogP contribution in [0.3, 0.4) is 0 Å². The number of nitrogens with one attached hydrogen (secondary N) is 1. The van der Waals surface area contributed by atoms with E-state index < -0.39 is 5.97 Å². The number of hydrogen-bond donors (Lipinski definition) is 2. The molecule has 0 bridgehead atoms. The predicted octanol–water partition coefficient (Wildman–Crippen LogP) is 2.21. The molecule has 0 radical (unpaired) electrons. The van der Waals surface area contributed by atoms with Gasteiger partial charge in [0.05, 0.1) is 17.8 Å². The minimum absolute atomic E-state index is 0.00314. The first-order valence-electron chi connectivity index (χ1n) is 6.97. The zero-order valence-electron chi connectivity index (χ0n) is 11.7. The minimum Gasteiger partial charge on any atom is -0.480 e. The Balaban J connectivity index is 2.02. The number of rotatable bonds is 5. The Bertz CT molecular complexity index is 556. The zero-order valence-corrected chi connectivity index (χ0v) is 13.3. The van der Waals surface area contributed by atoms with Crippen LogP contribution in [0.1, 0.15) is 18.4 Å². The van der Waals surface area contributed by atoms with E-state index in [4.69, 9.17) is 5.11 Å². The molecule has 1 heterocycles. The molecule has 1 saturated heterocycles. The molecule has 1 unspecified atom stereocenters. The summed E-state index contributed by atoms with van der Waals surface area (Å²) >= 11 is 3.45. The van der Waals surface area contributed by atoms with E-state index in [1.165, 1.54) is 0 Å². The highest BCUT2D eigenvalue weighted by molar-refractivity contribution is 9.10. The van der Waals surface area contributed by atoms with Crippen LogP contribution in [-0.4, -0.2) is 37.3 Å². The lowest BCUT2D eigenvalue weighted by Crippen LogP contribution is -2.40. The molecule has 21 heavy (non-hydrogen) atoms. The number of anilines is 1. The third kappa shape index (κ3) is 4.45. The molecule has 6 heteroatoms. The molecule has 1 atom stereocenters. The summed E-state index contributed by atoms with van der Waals surface area (Å²) in [6, 6.07) is 7.91. The van der Waals surface area contributed by atoms with Crippen molar-refractivity contribution in [2.75, 3.05) is 31.1 Å². The van der Waals surface area contributed by atoms with Gasteiger partial charge in [-0.3, -0.25) is 4.79 Å². The number of nitriles is 1. The van der Waals surface area contributed by atoms with Gasteiger partial charge in [-0.15, -0.1) is 0 Å². The highest BCUT2D eigenvalue weighted by Gasteiger charge is 2.22. The van der Waals surface area contributed by atoms with Crippen molar-refractivity contribution in [3.05, 3.63) is 28.2 Å². The van der Waals surface area contributed by atoms with Crippen LogP contribution in [0.15, 0.2) is 22.7 Å². The number of piperidine rings is 1. The van der Waals surface area contributed by atoms with Gasteiger partial charge in [0.1, 0.15) is 6.07 Å². The van der Waals surface area contributed by atoms with Crippen molar-refractivity contribution in [3.8, 4) is 6.07 Å². The van der Waals surface area contributed by atoms with Crippen LogP contribution < -0.4 is 10.2 Å². The van der Waals surface area contributed by atoms with Gasteiger partial charge in [-0.1, -0.05) is 15.9 Å². The third-order valence-electron chi connectivity index (χ3n) is 3.65. The van der Waals surface area contributed by atoms with E-state index in [2.05, 4.69) is 32.2 Å². The lowest BCUT2D eigenvalue weighted by molar-refractivity contribution is -0.136. The van der Waals surface area contributed by atoms with Gasteiger partial charge < -0.3 is 15.3 Å². The summed E-state index contributed by atoms with van der Waals surface area (Å²) in [5.41, 5.74) is 1.63. The number of carboxylic acids is 1. The van der Waals surface area contributed by atoms with Crippen molar-refractivity contribution in [1.82, 2.24) is 5.32 Å². The second kappa shape index (κ2) is 7.43. The van der Waals surface area contributed by atoms with E-state index in [-0.39, 0.29) is 6.54 Å². The second-order valence-corrected chi connectivity index (χ2v) is 6.17. The highest BCUT2D eigenvalue weighted by atomic mass is 79.9. The maximum absolute atomic E-state index is 10.5. The molecule has 0 saturated carbocycles. The Morgan fingerprint density at radius 3 is 3.10 bits per heavy atom. The first-order valence-corrected chi connectivity index (χ1v) is 7.76. The number of benzene rings is 1. The van der Waals surface area contributed by atoms with Crippen molar-refractivity contribution in [2.24, 2.45) is 5.92 Å². The topological polar surface area (TPSA) is 76.4 Å². The molecule has 5 nitrogen and oxygen atoms in total. The fourth-order valence-corrected chi connectivity index (χ4v) is 3.04. The number of halogens is 1. The van der Waals surface area contributed by atoms with Gasteiger partial charge >= 0.3 is 5.97 Å². The first-order chi connectivity index (χ1) is 10.1. The molecule has 0 amide bonds. The maximum atomic E-state index is 10.5. The van der Waals surface area contributed by atoms with Crippen molar-refractivity contribution in [1.29, 1.82) is 5.26 Å². The SMILES string of the molecule is N#Cc1ccc(Br)cc1N1CCCC(CNCC(=O)O)C1. The third-order valence-corrected chi connectivity index (χ3v) is 4.14. The van der Waals surface area contributed by atoms with Gasteiger partial charge in [-0.05, 0) is 37.0 Å². The summed E-state index contributed by atoms with van der Waals surface area (Å²) in [4.78, 5) is 12.8. The van der Waals surface area contributed by atoms with Crippen LogP contribution in [0, 0.1) is 17.2 Å². The average Bonchev–Trinajstić information content (AvgIpc) is 2.47. The van der Waals surface area contributed by atoms with E-state index in [1.807, 2.05) is 18.2 Å². The largest absolute Gasteiger partial charge is 0.480 e. The lowest BCUT2D eigenvalue weighted by Gasteiger charge is -2.35. The molecule has 1 aromatic carbocycles. The van der Waals surface area contributed by atoms with Crippen LogP contribution in [0.2, 0.25) is 0 Å². The number of hydrogen-bond acceptors (Lipinski definition) is 4. The summed E-state index contributed by atoms with van der Waals surface area (Å²) in [6.45, 7) is 2.47. The number of carbonyl (C=O) groups is 1. The van der Waals surface area contributed by atoms with E-state index in [1.54, 1.807) is 0 Å². The normalized spacial score (nSPS) is 18.3. The highest BCUT2D eigenvalue weighted by Crippen LogP contribution is 2.28. The molecule has 0 spiro atoms. The molecule has 112 valence electrons. The standard InChI is InChI=1S/C15H18BrN3O2/c16-13-4-3-12(7-17)14(6-13)19-5-1-2-11(10-19)8-18-9-15(20)21/h3-4,6,11,18H,1-2,5,8-10H2,(H,20,21).